The smallest absolute Gasteiger partial charge is 0.220 e. The summed E-state index contributed by atoms with van der Waals surface area (Å²) in [6, 6.07) is 13.8. The number of unbranched alkanes of at least 4 members (excludes halogenated alkanes) is 1. The van der Waals surface area contributed by atoms with Gasteiger partial charge in [0.15, 0.2) is 12.4 Å². The Hall–Kier alpha value is -1.88. The number of aryl methyl sites for hydroxylation is 1. The molecule has 0 spiro atoms. The topological polar surface area (TPSA) is 42.2 Å². The van der Waals surface area contributed by atoms with Crippen LogP contribution in [0.3, 0.4) is 0 Å². The number of nitrogens with one attached hydrogen (secondary N) is 1. The molecule has 0 aliphatic heterocycles. The molecule has 124 valence electrons. The molecule has 1 heterocycles. The van der Waals surface area contributed by atoms with Crippen molar-refractivity contribution in [1.82, 2.24) is 5.32 Å². The Kier molecular flexibility index (Phi) is 8.98. The van der Waals surface area contributed by atoms with Gasteiger partial charge in [0.05, 0.1) is 7.11 Å². The first-order chi connectivity index (χ1) is 10.8. The van der Waals surface area contributed by atoms with Crippen LogP contribution in [0, 0.1) is 0 Å². The van der Waals surface area contributed by atoms with Crippen molar-refractivity contribution in [3.8, 4) is 5.75 Å². The molecule has 0 aliphatic rings. The number of rotatable bonds is 8. The van der Waals surface area contributed by atoms with Crippen LogP contribution < -0.4 is 31.6 Å². The number of nitrogens with zero attached hydrogens (tertiary/aromatic N) is 1. The van der Waals surface area contributed by atoms with Crippen molar-refractivity contribution < 1.29 is 31.1 Å². The first kappa shape index (κ1) is 19.2. The van der Waals surface area contributed by atoms with E-state index in [0.717, 1.165) is 30.7 Å². The first-order valence-electron chi connectivity index (χ1n) is 7.61. The minimum atomic E-state index is 0. The summed E-state index contributed by atoms with van der Waals surface area (Å²) in [5.41, 5.74) is 1.08. The number of carbonyl (C=O) groups is 1. The van der Waals surface area contributed by atoms with E-state index >= 15 is 0 Å². The summed E-state index contributed by atoms with van der Waals surface area (Å²) in [6.07, 6.45) is 6.57. The lowest BCUT2D eigenvalue weighted by Gasteiger charge is -2.06. The molecule has 1 N–H and O–H groups in total. The summed E-state index contributed by atoms with van der Waals surface area (Å²) in [6.45, 7) is 1.52. The number of methoxy groups -OCH3 is 1. The Morgan fingerprint density at radius 2 is 1.78 bits per heavy atom. The van der Waals surface area contributed by atoms with E-state index in [0.29, 0.717) is 13.0 Å². The van der Waals surface area contributed by atoms with Gasteiger partial charge < -0.3 is 27.0 Å². The molecule has 0 atom stereocenters. The SMILES string of the molecule is COc1ccc(CNC(=O)CCCC[n+]2ccccc2)cc1.[Br-]. The monoisotopic (exact) mass is 378 g/mol. The third-order valence-corrected chi connectivity index (χ3v) is 3.50. The van der Waals surface area contributed by atoms with Crippen molar-refractivity contribution >= 4 is 5.91 Å². The highest BCUT2D eigenvalue weighted by Gasteiger charge is 2.03. The summed E-state index contributed by atoms with van der Waals surface area (Å²) < 4.78 is 7.24. The van der Waals surface area contributed by atoms with Gasteiger partial charge in [-0.25, -0.2) is 4.57 Å². The van der Waals surface area contributed by atoms with E-state index in [-0.39, 0.29) is 22.9 Å². The van der Waals surface area contributed by atoms with Crippen molar-refractivity contribution in [3.05, 3.63) is 60.4 Å². The summed E-state index contributed by atoms with van der Waals surface area (Å²) in [5, 5.41) is 2.95. The minimum Gasteiger partial charge on any atom is -1.00 e. The van der Waals surface area contributed by atoms with Gasteiger partial charge in [0, 0.05) is 31.5 Å². The van der Waals surface area contributed by atoms with Crippen LogP contribution in [0.1, 0.15) is 24.8 Å². The number of benzene rings is 1. The second-order valence-electron chi connectivity index (χ2n) is 5.20. The molecule has 1 amide bonds. The quantitative estimate of drug-likeness (QED) is 0.495. The Balaban J connectivity index is 0.00000264. The van der Waals surface area contributed by atoms with E-state index in [4.69, 9.17) is 4.74 Å². The van der Waals surface area contributed by atoms with Crippen molar-refractivity contribution in [2.45, 2.75) is 32.4 Å². The van der Waals surface area contributed by atoms with Gasteiger partial charge in [-0.3, -0.25) is 4.79 Å². The molecule has 0 saturated carbocycles. The lowest BCUT2D eigenvalue weighted by Crippen LogP contribution is -3.00. The van der Waals surface area contributed by atoms with Crippen LogP contribution in [-0.2, 0) is 17.9 Å². The number of amides is 1. The minimum absolute atomic E-state index is 0. The number of hydrogen-bond acceptors (Lipinski definition) is 2. The Morgan fingerprint density at radius 3 is 2.43 bits per heavy atom. The molecule has 4 nitrogen and oxygen atoms in total. The normalized spacial score (nSPS) is 9.78. The molecule has 23 heavy (non-hydrogen) atoms. The second kappa shape index (κ2) is 10.8. The van der Waals surface area contributed by atoms with Gasteiger partial charge >= 0.3 is 0 Å². The van der Waals surface area contributed by atoms with E-state index in [2.05, 4.69) is 9.88 Å². The van der Waals surface area contributed by atoms with Crippen molar-refractivity contribution in [1.29, 1.82) is 0 Å². The molecule has 5 heteroatoms. The van der Waals surface area contributed by atoms with Gasteiger partial charge in [-0.05, 0) is 24.1 Å². The maximum Gasteiger partial charge on any atom is 0.220 e. The average molecular weight is 379 g/mol. The van der Waals surface area contributed by atoms with Crippen molar-refractivity contribution in [2.75, 3.05) is 7.11 Å². The number of ether oxygens (including phenoxy) is 1. The zero-order chi connectivity index (χ0) is 15.6. The molecule has 2 rings (SSSR count). The first-order valence-corrected chi connectivity index (χ1v) is 7.61. The van der Waals surface area contributed by atoms with E-state index in [1.807, 2.05) is 54.9 Å². The Bertz CT molecular complexity index is 573. The predicted molar refractivity (Wildman–Crippen MR) is 85.3 cm³/mol. The Labute approximate surface area is 148 Å². The van der Waals surface area contributed by atoms with Gasteiger partial charge in [0.25, 0.3) is 0 Å². The fourth-order valence-electron chi connectivity index (χ4n) is 2.20. The number of halogens is 1. The third kappa shape index (κ3) is 7.28. The van der Waals surface area contributed by atoms with Crippen molar-refractivity contribution in [3.63, 3.8) is 0 Å². The molecule has 0 bridgehead atoms. The molecule has 1 aromatic carbocycles. The van der Waals surface area contributed by atoms with Crippen molar-refractivity contribution in [2.24, 2.45) is 0 Å². The Morgan fingerprint density at radius 1 is 1.09 bits per heavy atom. The van der Waals surface area contributed by atoms with Crippen LogP contribution in [0.15, 0.2) is 54.9 Å². The second-order valence-corrected chi connectivity index (χ2v) is 5.20. The zero-order valence-corrected chi connectivity index (χ0v) is 15.0. The maximum absolute atomic E-state index is 11.8. The molecule has 0 fully saturated rings. The highest BCUT2D eigenvalue weighted by Crippen LogP contribution is 2.11. The molecular formula is C18H23BrN2O2. The fourth-order valence-corrected chi connectivity index (χ4v) is 2.20. The lowest BCUT2D eigenvalue weighted by atomic mass is 10.2. The number of carbonyl (C=O) groups excluding carboxylic acids is 1. The molecule has 1 aromatic heterocycles. The largest absolute Gasteiger partial charge is 1.00 e. The summed E-state index contributed by atoms with van der Waals surface area (Å²) >= 11 is 0. The van der Waals surface area contributed by atoms with Crippen LogP contribution in [0.5, 0.6) is 5.75 Å². The number of pyridine rings is 1. The maximum atomic E-state index is 11.8. The summed E-state index contributed by atoms with van der Waals surface area (Å²) in [5.74, 6) is 0.933. The van der Waals surface area contributed by atoms with Crippen LogP contribution >= 0.6 is 0 Å². The van der Waals surface area contributed by atoms with Gasteiger partial charge in [-0.15, -0.1) is 0 Å². The molecule has 0 aliphatic carbocycles. The predicted octanol–water partition coefficient (Wildman–Crippen LogP) is -0.527. The molecule has 2 aromatic rings. The fraction of sp³-hybridized carbons (Fsp3) is 0.333. The average Bonchev–Trinajstić information content (AvgIpc) is 2.58. The molecule has 0 saturated heterocycles. The van der Waals surface area contributed by atoms with Gasteiger partial charge in [0.1, 0.15) is 12.3 Å². The standard InChI is InChI=1S/C18H22N2O2.BrH/c1-22-17-10-8-16(9-11-17)15-19-18(21)7-3-6-14-20-12-4-2-5-13-20;/h2,4-5,8-13H,3,6-7,14-15H2,1H3;1H. The van der Waals surface area contributed by atoms with E-state index in [9.17, 15) is 4.79 Å². The molecule has 0 unspecified atom stereocenters. The summed E-state index contributed by atoms with van der Waals surface area (Å²) in [7, 11) is 1.64. The summed E-state index contributed by atoms with van der Waals surface area (Å²) in [4.78, 5) is 11.8. The van der Waals surface area contributed by atoms with Crippen LogP contribution in [0.25, 0.3) is 0 Å². The lowest BCUT2D eigenvalue weighted by molar-refractivity contribution is -0.697. The van der Waals surface area contributed by atoms with Crippen LogP contribution in [0.4, 0.5) is 0 Å². The number of hydrogen-bond donors (Lipinski definition) is 1. The molecule has 0 radical (unpaired) electrons. The van der Waals surface area contributed by atoms with Gasteiger partial charge in [-0.2, -0.15) is 0 Å². The van der Waals surface area contributed by atoms with Crippen LogP contribution in [-0.4, -0.2) is 13.0 Å². The zero-order valence-electron chi connectivity index (χ0n) is 13.4. The van der Waals surface area contributed by atoms with E-state index < -0.39 is 0 Å². The highest BCUT2D eigenvalue weighted by molar-refractivity contribution is 5.75. The molecular weight excluding hydrogens is 356 g/mol. The third-order valence-electron chi connectivity index (χ3n) is 3.50. The van der Waals surface area contributed by atoms with Gasteiger partial charge in [-0.1, -0.05) is 18.2 Å². The van der Waals surface area contributed by atoms with Crippen LogP contribution in [0.2, 0.25) is 0 Å². The van der Waals surface area contributed by atoms with E-state index in [1.165, 1.54) is 0 Å². The number of aromatic nitrogens is 1. The van der Waals surface area contributed by atoms with E-state index in [1.54, 1.807) is 7.11 Å². The highest BCUT2D eigenvalue weighted by atomic mass is 79.9. The van der Waals surface area contributed by atoms with Gasteiger partial charge in [0.2, 0.25) is 5.91 Å².